The Hall–Kier alpha value is -0.120. The fourth-order valence-corrected chi connectivity index (χ4v) is 0.382. The van der Waals surface area contributed by atoms with Crippen molar-refractivity contribution >= 4 is 0 Å². The van der Waals surface area contributed by atoms with Crippen molar-refractivity contribution in [2.24, 2.45) is 0 Å². The minimum atomic E-state index is 0.0798. The van der Waals surface area contributed by atoms with Crippen LogP contribution in [0.25, 0.3) is 0 Å². The highest BCUT2D eigenvalue weighted by molar-refractivity contribution is 4.43. The Balaban J connectivity index is 2.88. The first kappa shape index (κ1) is 8.88. The third kappa shape index (κ3) is 5.76. The standard InChI is InChI=1S/C6H14O3/c1-6(8-2)5-9-4-3-7/h6-7H,3-5H2,1-2H3. The average Bonchev–Trinajstić information content (AvgIpc) is 1.89. The molecule has 0 aliphatic heterocycles. The highest BCUT2D eigenvalue weighted by atomic mass is 16.5. The monoisotopic (exact) mass is 134 g/mol. The van der Waals surface area contributed by atoms with Crippen molar-refractivity contribution in [3.05, 3.63) is 0 Å². The topological polar surface area (TPSA) is 38.7 Å². The maximum atomic E-state index is 8.29. The van der Waals surface area contributed by atoms with Crippen LogP contribution in [0.15, 0.2) is 0 Å². The van der Waals surface area contributed by atoms with E-state index >= 15 is 0 Å². The molecule has 0 heterocycles. The lowest BCUT2D eigenvalue weighted by Crippen LogP contribution is -2.15. The summed E-state index contributed by atoms with van der Waals surface area (Å²) in [5.41, 5.74) is 0. The van der Waals surface area contributed by atoms with Crippen LogP contribution >= 0.6 is 0 Å². The van der Waals surface area contributed by atoms with Crippen molar-refractivity contribution in [1.82, 2.24) is 0 Å². The molecule has 0 aromatic heterocycles. The predicted molar refractivity (Wildman–Crippen MR) is 34.4 cm³/mol. The minimum absolute atomic E-state index is 0.0798. The number of rotatable bonds is 5. The molecule has 0 aromatic carbocycles. The van der Waals surface area contributed by atoms with E-state index in [0.29, 0.717) is 13.2 Å². The fourth-order valence-electron chi connectivity index (χ4n) is 0.382. The highest BCUT2D eigenvalue weighted by Crippen LogP contribution is 1.87. The zero-order valence-corrected chi connectivity index (χ0v) is 5.96. The van der Waals surface area contributed by atoms with E-state index in [0.717, 1.165) is 0 Å². The molecule has 0 saturated heterocycles. The lowest BCUT2D eigenvalue weighted by atomic mass is 10.4. The first-order valence-corrected chi connectivity index (χ1v) is 3.02. The lowest BCUT2D eigenvalue weighted by Gasteiger charge is -2.08. The zero-order valence-electron chi connectivity index (χ0n) is 5.96. The summed E-state index contributed by atoms with van der Waals surface area (Å²) in [6.07, 6.45) is 0.122. The predicted octanol–water partition coefficient (Wildman–Crippen LogP) is 0.0302. The van der Waals surface area contributed by atoms with Gasteiger partial charge in [0.2, 0.25) is 0 Å². The van der Waals surface area contributed by atoms with Gasteiger partial charge in [-0.15, -0.1) is 0 Å². The van der Waals surface area contributed by atoms with Crippen LogP contribution in [-0.4, -0.2) is 38.1 Å². The van der Waals surface area contributed by atoms with Gasteiger partial charge in [-0.3, -0.25) is 0 Å². The van der Waals surface area contributed by atoms with Gasteiger partial charge in [-0.2, -0.15) is 0 Å². The Morgan fingerprint density at radius 2 is 2.22 bits per heavy atom. The second kappa shape index (κ2) is 6.01. The van der Waals surface area contributed by atoms with Gasteiger partial charge in [-0.25, -0.2) is 0 Å². The summed E-state index contributed by atoms with van der Waals surface area (Å²) in [5, 5.41) is 8.29. The molecule has 1 unspecified atom stereocenters. The molecule has 3 heteroatoms. The molecule has 3 nitrogen and oxygen atoms in total. The van der Waals surface area contributed by atoms with E-state index in [1.165, 1.54) is 0 Å². The third-order valence-electron chi connectivity index (χ3n) is 0.991. The lowest BCUT2D eigenvalue weighted by molar-refractivity contribution is 0.00701. The van der Waals surface area contributed by atoms with Gasteiger partial charge >= 0.3 is 0 Å². The summed E-state index contributed by atoms with van der Waals surface area (Å²) >= 11 is 0. The normalized spacial score (nSPS) is 13.7. The van der Waals surface area contributed by atoms with Crippen LogP contribution in [0.2, 0.25) is 0 Å². The maximum Gasteiger partial charge on any atom is 0.0776 e. The molecule has 0 radical (unpaired) electrons. The molecule has 1 N–H and O–H groups in total. The minimum Gasteiger partial charge on any atom is -0.394 e. The third-order valence-corrected chi connectivity index (χ3v) is 0.991. The smallest absolute Gasteiger partial charge is 0.0776 e. The van der Waals surface area contributed by atoms with Crippen molar-refractivity contribution in [3.63, 3.8) is 0 Å². The van der Waals surface area contributed by atoms with Crippen LogP contribution in [0, 0.1) is 0 Å². The van der Waals surface area contributed by atoms with Gasteiger partial charge in [0.15, 0.2) is 0 Å². The second-order valence-corrected chi connectivity index (χ2v) is 1.84. The van der Waals surface area contributed by atoms with E-state index < -0.39 is 0 Å². The van der Waals surface area contributed by atoms with Crippen molar-refractivity contribution < 1.29 is 14.6 Å². The van der Waals surface area contributed by atoms with Crippen LogP contribution in [0.1, 0.15) is 6.92 Å². The van der Waals surface area contributed by atoms with E-state index in [-0.39, 0.29) is 12.7 Å². The highest BCUT2D eigenvalue weighted by Gasteiger charge is 1.96. The van der Waals surface area contributed by atoms with E-state index in [9.17, 15) is 0 Å². The Bertz CT molecular complexity index is 56.3. The summed E-state index contributed by atoms with van der Waals surface area (Å²) < 4.78 is 9.85. The van der Waals surface area contributed by atoms with Gasteiger partial charge in [0.05, 0.1) is 25.9 Å². The Morgan fingerprint density at radius 3 is 2.67 bits per heavy atom. The van der Waals surface area contributed by atoms with Gasteiger partial charge in [0, 0.05) is 7.11 Å². The molecule has 0 aromatic rings. The molecular weight excluding hydrogens is 120 g/mol. The summed E-state index contributed by atoms with van der Waals surface area (Å²) in [5.74, 6) is 0. The van der Waals surface area contributed by atoms with Gasteiger partial charge < -0.3 is 14.6 Å². The molecule has 56 valence electrons. The largest absolute Gasteiger partial charge is 0.394 e. The van der Waals surface area contributed by atoms with E-state index in [4.69, 9.17) is 14.6 Å². The van der Waals surface area contributed by atoms with Crippen LogP contribution < -0.4 is 0 Å². The molecule has 0 amide bonds. The van der Waals surface area contributed by atoms with E-state index in [1.807, 2.05) is 6.92 Å². The summed E-state index contributed by atoms with van der Waals surface area (Å²) in [6, 6.07) is 0. The Morgan fingerprint density at radius 1 is 1.56 bits per heavy atom. The van der Waals surface area contributed by atoms with Gasteiger partial charge in [-0.05, 0) is 6.92 Å². The van der Waals surface area contributed by atoms with Crippen molar-refractivity contribution in [3.8, 4) is 0 Å². The quantitative estimate of drug-likeness (QED) is 0.539. The summed E-state index contributed by atoms with van der Waals surface area (Å²) in [7, 11) is 1.63. The van der Waals surface area contributed by atoms with E-state index in [1.54, 1.807) is 7.11 Å². The molecule has 0 bridgehead atoms. The molecule has 0 saturated carbocycles. The molecule has 1 atom stereocenters. The number of ether oxygens (including phenoxy) is 2. The molecule has 0 spiro atoms. The maximum absolute atomic E-state index is 8.29. The molecule has 0 fully saturated rings. The van der Waals surface area contributed by atoms with Crippen molar-refractivity contribution in [1.29, 1.82) is 0 Å². The van der Waals surface area contributed by atoms with Gasteiger partial charge in [0.1, 0.15) is 0 Å². The van der Waals surface area contributed by atoms with Crippen molar-refractivity contribution in [2.75, 3.05) is 26.9 Å². The van der Waals surface area contributed by atoms with Crippen LogP contribution in [0.3, 0.4) is 0 Å². The molecule has 0 aliphatic carbocycles. The first-order chi connectivity index (χ1) is 4.31. The number of hydrogen-bond donors (Lipinski definition) is 1. The fraction of sp³-hybridized carbons (Fsp3) is 1.00. The number of hydrogen-bond acceptors (Lipinski definition) is 3. The van der Waals surface area contributed by atoms with Crippen molar-refractivity contribution in [2.45, 2.75) is 13.0 Å². The van der Waals surface area contributed by atoms with Gasteiger partial charge in [-0.1, -0.05) is 0 Å². The average molecular weight is 134 g/mol. The number of methoxy groups -OCH3 is 1. The van der Waals surface area contributed by atoms with Crippen LogP contribution in [0.5, 0.6) is 0 Å². The SMILES string of the molecule is COC(C)COCCO. The van der Waals surface area contributed by atoms with Crippen LogP contribution in [0.4, 0.5) is 0 Å². The summed E-state index contributed by atoms with van der Waals surface area (Å²) in [4.78, 5) is 0. The Kier molecular flexibility index (Phi) is 5.93. The molecule has 0 aliphatic rings. The van der Waals surface area contributed by atoms with Crippen LogP contribution in [-0.2, 0) is 9.47 Å². The van der Waals surface area contributed by atoms with E-state index in [2.05, 4.69) is 0 Å². The zero-order chi connectivity index (χ0) is 7.11. The molecular formula is C6H14O3. The number of aliphatic hydroxyl groups excluding tert-OH is 1. The summed E-state index contributed by atoms with van der Waals surface area (Å²) in [6.45, 7) is 2.94. The first-order valence-electron chi connectivity index (χ1n) is 3.02. The second-order valence-electron chi connectivity index (χ2n) is 1.84. The number of aliphatic hydroxyl groups is 1. The van der Waals surface area contributed by atoms with Gasteiger partial charge in [0.25, 0.3) is 0 Å². The Labute approximate surface area is 55.6 Å². The molecule has 9 heavy (non-hydrogen) atoms. The molecule has 0 rings (SSSR count).